The second kappa shape index (κ2) is 7.44. The van der Waals surface area contributed by atoms with Crippen LogP contribution in [0, 0.1) is 0 Å². The number of carbonyl (C=O) groups excluding carboxylic acids is 3. The minimum Gasteiger partial charge on any atom is -0.459 e. The second-order valence-corrected chi connectivity index (χ2v) is 3.18. The molecule has 0 spiro atoms. The molecule has 0 radical (unpaired) electrons. The van der Waals surface area contributed by atoms with Crippen LogP contribution in [0.3, 0.4) is 0 Å². The maximum absolute atomic E-state index is 11.0. The first kappa shape index (κ1) is 14.2. The predicted octanol–water partition coefficient (Wildman–Crippen LogP) is 0.0532. The Labute approximate surface area is 94.0 Å². The lowest BCUT2D eigenvalue weighted by Crippen LogP contribution is -2.45. The maximum Gasteiger partial charge on any atom is 0.398 e. The van der Waals surface area contributed by atoms with Crippen molar-refractivity contribution in [1.29, 1.82) is 0 Å². The van der Waals surface area contributed by atoms with Gasteiger partial charge in [0, 0.05) is 5.57 Å². The van der Waals surface area contributed by atoms with Crippen LogP contribution in [0.5, 0.6) is 0 Å². The highest BCUT2D eigenvalue weighted by Gasteiger charge is 2.15. The number of hydrogen-bond donors (Lipinski definition) is 2. The molecule has 0 aliphatic heterocycles. The average molecular weight is 228 g/mol. The largest absolute Gasteiger partial charge is 0.459 e. The van der Waals surface area contributed by atoms with Crippen molar-refractivity contribution in [3.8, 4) is 0 Å². The van der Waals surface area contributed by atoms with Crippen molar-refractivity contribution < 1.29 is 19.1 Å². The molecule has 6 nitrogen and oxygen atoms in total. The van der Waals surface area contributed by atoms with Crippen LogP contribution in [-0.4, -0.2) is 24.4 Å². The van der Waals surface area contributed by atoms with Gasteiger partial charge in [0.25, 0.3) is 5.91 Å². The minimum atomic E-state index is -1.02. The number of rotatable bonds is 4. The van der Waals surface area contributed by atoms with Gasteiger partial charge >= 0.3 is 11.9 Å². The third-order valence-electron chi connectivity index (χ3n) is 1.59. The van der Waals surface area contributed by atoms with Gasteiger partial charge in [-0.1, -0.05) is 19.9 Å². The highest BCUT2D eigenvalue weighted by atomic mass is 16.5. The Morgan fingerprint density at radius 3 is 2.25 bits per heavy atom. The zero-order valence-electron chi connectivity index (χ0n) is 9.46. The molecule has 16 heavy (non-hydrogen) atoms. The van der Waals surface area contributed by atoms with Gasteiger partial charge in [0.2, 0.25) is 0 Å². The molecule has 0 saturated heterocycles. The van der Waals surface area contributed by atoms with E-state index >= 15 is 0 Å². The first-order chi connectivity index (χ1) is 7.49. The summed E-state index contributed by atoms with van der Waals surface area (Å²) >= 11 is 0. The molecular weight excluding hydrogens is 212 g/mol. The van der Waals surface area contributed by atoms with Gasteiger partial charge in [-0.3, -0.25) is 20.4 Å². The van der Waals surface area contributed by atoms with Gasteiger partial charge in [-0.15, -0.1) is 0 Å². The molecule has 2 N–H and O–H groups in total. The molecule has 2 amide bonds. The maximum atomic E-state index is 11.0. The van der Waals surface area contributed by atoms with Gasteiger partial charge in [0.15, 0.2) is 0 Å². The van der Waals surface area contributed by atoms with Crippen molar-refractivity contribution in [1.82, 2.24) is 10.9 Å². The lowest BCUT2D eigenvalue weighted by atomic mass is 10.3. The molecule has 0 aromatic heterocycles. The molecule has 0 atom stereocenters. The summed E-state index contributed by atoms with van der Waals surface area (Å²) in [6, 6.07) is 0. The van der Waals surface area contributed by atoms with Crippen molar-refractivity contribution in [2.45, 2.75) is 26.7 Å². The number of carbonyl (C=O) groups is 3. The van der Waals surface area contributed by atoms with Crippen molar-refractivity contribution >= 4 is 17.8 Å². The van der Waals surface area contributed by atoms with Crippen LogP contribution in [0.2, 0.25) is 0 Å². The van der Waals surface area contributed by atoms with E-state index in [4.69, 9.17) is 0 Å². The van der Waals surface area contributed by atoms with E-state index in [9.17, 15) is 14.4 Å². The summed E-state index contributed by atoms with van der Waals surface area (Å²) in [4.78, 5) is 33.0. The van der Waals surface area contributed by atoms with Crippen LogP contribution in [0.25, 0.3) is 0 Å². The van der Waals surface area contributed by atoms with Crippen LogP contribution in [-0.2, 0) is 19.1 Å². The predicted molar refractivity (Wildman–Crippen MR) is 57.0 cm³/mol. The Bertz CT molecular complexity index is 299. The summed E-state index contributed by atoms with van der Waals surface area (Å²) in [6.07, 6.45) is 1.55. The smallest absolute Gasteiger partial charge is 0.398 e. The molecule has 0 fully saturated rings. The van der Waals surface area contributed by atoms with Crippen molar-refractivity contribution in [2.75, 3.05) is 6.61 Å². The SMILES string of the molecule is C=C(C)C(=O)NNC(=O)C(=O)OCCCC. The van der Waals surface area contributed by atoms with Crippen LogP contribution >= 0.6 is 0 Å². The number of amides is 2. The molecule has 6 heteroatoms. The van der Waals surface area contributed by atoms with Gasteiger partial charge in [-0.25, -0.2) is 4.79 Å². The van der Waals surface area contributed by atoms with E-state index in [-0.39, 0.29) is 12.2 Å². The molecule has 0 aromatic carbocycles. The monoisotopic (exact) mass is 228 g/mol. The Morgan fingerprint density at radius 1 is 1.19 bits per heavy atom. The summed E-state index contributed by atoms with van der Waals surface area (Å²) in [5.41, 5.74) is 4.15. The standard InChI is InChI=1S/C10H16N2O4/c1-4-5-6-16-10(15)9(14)12-11-8(13)7(2)3/h2,4-6H2,1,3H3,(H,11,13)(H,12,14). The zero-order chi connectivity index (χ0) is 12.6. The van der Waals surface area contributed by atoms with Crippen LogP contribution in [0.15, 0.2) is 12.2 Å². The highest BCUT2D eigenvalue weighted by molar-refractivity contribution is 6.32. The first-order valence-electron chi connectivity index (χ1n) is 4.92. The van der Waals surface area contributed by atoms with E-state index in [1.54, 1.807) is 0 Å². The highest BCUT2D eigenvalue weighted by Crippen LogP contribution is 1.88. The zero-order valence-corrected chi connectivity index (χ0v) is 9.46. The molecule has 0 aliphatic carbocycles. The Balaban J connectivity index is 3.84. The van der Waals surface area contributed by atoms with E-state index < -0.39 is 17.8 Å². The average Bonchev–Trinajstić information content (AvgIpc) is 2.25. The quantitative estimate of drug-likeness (QED) is 0.234. The number of ether oxygens (including phenoxy) is 1. The third-order valence-corrected chi connectivity index (χ3v) is 1.59. The molecule has 0 unspecified atom stereocenters. The summed E-state index contributed by atoms with van der Waals surface area (Å²) in [6.45, 7) is 6.96. The lowest BCUT2D eigenvalue weighted by molar-refractivity contribution is -0.155. The van der Waals surface area contributed by atoms with Crippen molar-refractivity contribution in [3.63, 3.8) is 0 Å². The van der Waals surface area contributed by atoms with Gasteiger partial charge in [-0.05, 0) is 13.3 Å². The Kier molecular flexibility index (Phi) is 6.58. The van der Waals surface area contributed by atoms with Crippen LogP contribution in [0.1, 0.15) is 26.7 Å². The molecule has 0 bridgehead atoms. The Morgan fingerprint density at radius 2 is 1.75 bits per heavy atom. The summed E-state index contributed by atoms with van der Waals surface area (Å²) in [5.74, 6) is -2.59. The van der Waals surface area contributed by atoms with E-state index in [1.165, 1.54) is 6.92 Å². The van der Waals surface area contributed by atoms with Crippen molar-refractivity contribution in [3.05, 3.63) is 12.2 Å². The second-order valence-electron chi connectivity index (χ2n) is 3.18. The van der Waals surface area contributed by atoms with Gasteiger partial charge in [-0.2, -0.15) is 0 Å². The molecular formula is C10H16N2O4. The van der Waals surface area contributed by atoms with Crippen LogP contribution < -0.4 is 10.9 Å². The number of hydrazine groups is 1. The van der Waals surface area contributed by atoms with Gasteiger partial charge in [0.05, 0.1) is 6.61 Å². The first-order valence-corrected chi connectivity index (χ1v) is 4.92. The van der Waals surface area contributed by atoms with E-state index in [1.807, 2.05) is 17.8 Å². The Hall–Kier alpha value is -1.85. The molecule has 0 rings (SSSR count). The number of hydrogen-bond acceptors (Lipinski definition) is 4. The molecule has 90 valence electrons. The van der Waals surface area contributed by atoms with Gasteiger partial charge < -0.3 is 4.74 Å². The molecule has 0 aliphatic rings. The summed E-state index contributed by atoms with van der Waals surface area (Å²) in [5, 5.41) is 0. The van der Waals surface area contributed by atoms with E-state index in [2.05, 4.69) is 11.3 Å². The fourth-order valence-electron chi connectivity index (χ4n) is 0.646. The lowest BCUT2D eigenvalue weighted by Gasteiger charge is -2.06. The van der Waals surface area contributed by atoms with E-state index in [0.29, 0.717) is 6.42 Å². The van der Waals surface area contributed by atoms with E-state index in [0.717, 1.165) is 6.42 Å². The number of unbranched alkanes of at least 4 members (excludes halogenated alkanes) is 1. The van der Waals surface area contributed by atoms with Gasteiger partial charge in [0.1, 0.15) is 0 Å². The fraction of sp³-hybridized carbons (Fsp3) is 0.500. The number of nitrogens with one attached hydrogen (secondary N) is 2. The minimum absolute atomic E-state index is 0.192. The molecule has 0 saturated carbocycles. The third kappa shape index (κ3) is 5.79. The van der Waals surface area contributed by atoms with Crippen LogP contribution in [0.4, 0.5) is 0 Å². The summed E-state index contributed by atoms with van der Waals surface area (Å²) in [7, 11) is 0. The normalized spacial score (nSPS) is 9.12. The number of esters is 1. The molecule has 0 heterocycles. The van der Waals surface area contributed by atoms with Crippen molar-refractivity contribution in [2.24, 2.45) is 0 Å². The fourth-order valence-corrected chi connectivity index (χ4v) is 0.646. The topological polar surface area (TPSA) is 84.5 Å². The summed E-state index contributed by atoms with van der Waals surface area (Å²) < 4.78 is 4.61. The molecule has 0 aromatic rings.